The fourth-order valence-electron chi connectivity index (χ4n) is 3.29. The molecule has 2 atom stereocenters. The Bertz CT molecular complexity index is 977. The van der Waals surface area contributed by atoms with Crippen LogP contribution in [0.25, 0.3) is 11.1 Å². The molecule has 0 saturated heterocycles. The Balaban J connectivity index is 1.42. The third-order valence-corrected chi connectivity index (χ3v) is 5.13. The summed E-state index contributed by atoms with van der Waals surface area (Å²) in [6.07, 6.45) is 6.54. The van der Waals surface area contributed by atoms with Gasteiger partial charge in [-0.1, -0.05) is 6.07 Å². The number of rotatable bonds is 9. The van der Waals surface area contributed by atoms with Gasteiger partial charge in [-0.3, -0.25) is 4.98 Å². The molecule has 0 amide bonds. The highest BCUT2D eigenvalue weighted by atomic mass is 16.5. The lowest BCUT2D eigenvalue weighted by Gasteiger charge is -2.11. The first-order valence-electron chi connectivity index (χ1n) is 10.1. The van der Waals surface area contributed by atoms with Crippen LogP contribution in [-0.4, -0.2) is 46.9 Å². The second kappa shape index (κ2) is 9.17. The van der Waals surface area contributed by atoms with Gasteiger partial charge in [0, 0.05) is 54.9 Å². The van der Waals surface area contributed by atoms with Crippen LogP contribution in [0, 0.1) is 19.8 Å². The van der Waals surface area contributed by atoms with Crippen LogP contribution in [0.5, 0.6) is 11.8 Å². The third-order valence-electron chi connectivity index (χ3n) is 5.13. The first-order valence-corrected chi connectivity index (χ1v) is 10.1. The van der Waals surface area contributed by atoms with Crippen molar-refractivity contribution in [3.63, 3.8) is 0 Å². The number of aromatic nitrogens is 4. The number of pyridine rings is 2. The van der Waals surface area contributed by atoms with Crippen molar-refractivity contribution >= 4 is 0 Å². The first kappa shape index (κ1) is 20.2. The highest BCUT2D eigenvalue weighted by Gasteiger charge is 2.40. The maximum absolute atomic E-state index is 6.13. The Morgan fingerprint density at radius 1 is 0.933 bits per heavy atom. The van der Waals surface area contributed by atoms with Crippen molar-refractivity contribution in [1.82, 2.24) is 19.9 Å². The summed E-state index contributed by atoms with van der Waals surface area (Å²) >= 11 is 0. The predicted molar refractivity (Wildman–Crippen MR) is 113 cm³/mol. The zero-order chi connectivity index (χ0) is 20.9. The number of nitrogens with zero attached hydrogens (tertiary/aromatic N) is 4. The third kappa shape index (κ3) is 4.91. The second-order valence-electron chi connectivity index (χ2n) is 7.54. The minimum atomic E-state index is 0.456. The number of aryl methyl sites for hydroxylation is 2. The summed E-state index contributed by atoms with van der Waals surface area (Å²) in [5.74, 6) is 2.73. The molecule has 0 aliphatic heterocycles. The van der Waals surface area contributed by atoms with Crippen LogP contribution in [0.3, 0.4) is 0 Å². The highest BCUT2D eigenvalue weighted by Crippen LogP contribution is 2.47. The quantitative estimate of drug-likeness (QED) is 0.501. The minimum absolute atomic E-state index is 0.456. The molecule has 156 valence electrons. The van der Waals surface area contributed by atoms with Crippen molar-refractivity contribution in [1.29, 1.82) is 0 Å². The van der Waals surface area contributed by atoms with Gasteiger partial charge < -0.3 is 14.2 Å². The van der Waals surface area contributed by atoms with Gasteiger partial charge in [0.15, 0.2) is 0 Å². The summed E-state index contributed by atoms with van der Waals surface area (Å²) in [5, 5.41) is 0. The molecule has 1 fully saturated rings. The predicted octanol–water partition coefficient (Wildman–Crippen LogP) is 3.76. The van der Waals surface area contributed by atoms with E-state index in [0.29, 0.717) is 49.2 Å². The van der Waals surface area contributed by atoms with Crippen LogP contribution >= 0.6 is 0 Å². The van der Waals surface area contributed by atoms with Crippen LogP contribution in [0.4, 0.5) is 0 Å². The first-order chi connectivity index (χ1) is 14.6. The van der Waals surface area contributed by atoms with Crippen molar-refractivity contribution in [2.45, 2.75) is 26.2 Å². The largest absolute Gasteiger partial charge is 0.477 e. The SMILES string of the molecule is COCCOc1ccc(-c2cnc(C)nc2OC[C@H]2C[C@@H]2c2ccc(C)cn2)cn1. The average Bonchev–Trinajstić information content (AvgIpc) is 3.53. The van der Waals surface area contributed by atoms with Crippen LogP contribution < -0.4 is 9.47 Å². The van der Waals surface area contributed by atoms with Crippen molar-refractivity contribution in [2.75, 3.05) is 26.9 Å². The molecule has 0 aromatic carbocycles. The zero-order valence-corrected chi connectivity index (χ0v) is 17.5. The van der Waals surface area contributed by atoms with Crippen LogP contribution in [-0.2, 0) is 4.74 Å². The molecule has 0 radical (unpaired) electrons. The van der Waals surface area contributed by atoms with Crippen LogP contribution in [0.15, 0.2) is 42.9 Å². The lowest BCUT2D eigenvalue weighted by Crippen LogP contribution is -2.06. The van der Waals surface area contributed by atoms with Crippen molar-refractivity contribution in [3.05, 3.63) is 59.9 Å². The summed E-state index contributed by atoms with van der Waals surface area (Å²) in [6.45, 7) is 5.50. The van der Waals surface area contributed by atoms with Gasteiger partial charge in [0.1, 0.15) is 12.4 Å². The van der Waals surface area contributed by atoms with E-state index in [-0.39, 0.29) is 0 Å². The van der Waals surface area contributed by atoms with Gasteiger partial charge in [-0.2, -0.15) is 4.98 Å². The second-order valence-corrected chi connectivity index (χ2v) is 7.54. The molecular weight excluding hydrogens is 380 g/mol. The summed E-state index contributed by atoms with van der Waals surface area (Å²) in [7, 11) is 1.64. The molecule has 30 heavy (non-hydrogen) atoms. The number of hydrogen-bond acceptors (Lipinski definition) is 7. The summed E-state index contributed by atoms with van der Waals surface area (Å²) in [6, 6.07) is 7.99. The topological polar surface area (TPSA) is 79.2 Å². The normalized spacial score (nSPS) is 17.6. The monoisotopic (exact) mass is 406 g/mol. The number of ether oxygens (including phenoxy) is 3. The minimum Gasteiger partial charge on any atom is -0.477 e. The fourth-order valence-corrected chi connectivity index (χ4v) is 3.29. The highest BCUT2D eigenvalue weighted by molar-refractivity contribution is 5.67. The fraction of sp³-hybridized carbons (Fsp3) is 0.391. The Kier molecular flexibility index (Phi) is 6.18. The molecule has 4 rings (SSSR count). The van der Waals surface area contributed by atoms with E-state index in [4.69, 9.17) is 14.2 Å². The van der Waals surface area contributed by atoms with Gasteiger partial charge in [0.25, 0.3) is 0 Å². The Morgan fingerprint density at radius 3 is 2.57 bits per heavy atom. The van der Waals surface area contributed by atoms with Crippen molar-refractivity contribution in [2.24, 2.45) is 5.92 Å². The molecule has 7 nitrogen and oxygen atoms in total. The van der Waals surface area contributed by atoms with Gasteiger partial charge in [-0.15, -0.1) is 0 Å². The lowest BCUT2D eigenvalue weighted by atomic mass is 10.1. The average molecular weight is 406 g/mol. The lowest BCUT2D eigenvalue weighted by molar-refractivity contribution is 0.144. The van der Waals surface area contributed by atoms with E-state index >= 15 is 0 Å². The molecule has 3 aromatic rings. The standard InChI is InChI=1S/C23H26N4O3/c1-15-4-6-21(25-11-15)19-10-18(19)14-30-23-20(13-24-16(2)27-23)17-5-7-22(26-12-17)29-9-8-28-3/h4-7,11-13,18-19H,8-10,14H2,1-3H3/t18-,19+/m1/s1. The molecule has 0 N–H and O–H groups in total. The molecule has 0 bridgehead atoms. The number of methoxy groups -OCH3 is 1. The van der Waals surface area contributed by atoms with Gasteiger partial charge >= 0.3 is 0 Å². The van der Waals surface area contributed by atoms with E-state index in [1.54, 1.807) is 19.5 Å². The van der Waals surface area contributed by atoms with E-state index in [1.165, 1.54) is 5.56 Å². The van der Waals surface area contributed by atoms with Crippen LogP contribution in [0.2, 0.25) is 0 Å². The Labute approximate surface area is 176 Å². The molecule has 3 aromatic heterocycles. The molecule has 0 unspecified atom stereocenters. The molecule has 0 spiro atoms. The number of hydrogen-bond donors (Lipinski definition) is 0. The Hall–Kier alpha value is -3.06. The Morgan fingerprint density at radius 2 is 1.83 bits per heavy atom. The molecule has 1 aliphatic carbocycles. The summed E-state index contributed by atoms with van der Waals surface area (Å²) in [4.78, 5) is 17.8. The van der Waals surface area contributed by atoms with Gasteiger partial charge in [0.2, 0.25) is 11.8 Å². The maximum atomic E-state index is 6.13. The molecule has 3 heterocycles. The molecule has 7 heteroatoms. The molecular formula is C23H26N4O3. The van der Waals surface area contributed by atoms with Gasteiger partial charge in [-0.05, 0) is 38.0 Å². The van der Waals surface area contributed by atoms with Crippen molar-refractivity contribution < 1.29 is 14.2 Å². The smallest absolute Gasteiger partial charge is 0.224 e. The summed E-state index contributed by atoms with van der Waals surface area (Å²) < 4.78 is 16.6. The zero-order valence-electron chi connectivity index (χ0n) is 17.5. The molecule has 1 aliphatic rings. The van der Waals surface area contributed by atoms with Gasteiger partial charge in [-0.25, -0.2) is 9.97 Å². The van der Waals surface area contributed by atoms with E-state index in [1.807, 2.05) is 25.3 Å². The van der Waals surface area contributed by atoms with Crippen LogP contribution in [0.1, 0.15) is 29.4 Å². The van der Waals surface area contributed by atoms with E-state index < -0.39 is 0 Å². The molecule has 1 saturated carbocycles. The van der Waals surface area contributed by atoms with E-state index in [9.17, 15) is 0 Å². The van der Waals surface area contributed by atoms with Crippen molar-refractivity contribution in [3.8, 4) is 22.9 Å². The van der Waals surface area contributed by atoms with E-state index in [2.05, 4.69) is 39.0 Å². The maximum Gasteiger partial charge on any atom is 0.224 e. The van der Waals surface area contributed by atoms with Gasteiger partial charge in [0.05, 0.1) is 18.8 Å². The van der Waals surface area contributed by atoms with E-state index in [0.717, 1.165) is 23.2 Å². The summed E-state index contributed by atoms with van der Waals surface area (Å²) in [5.41, 5.74) is 4.03.